The van der Waals surface area contributed by atoms with Crippen molar-refractivity contribution in [2.75, 3.05) is 12.4 Å². The Morgan fingerprint density at radius 2 is 2.14 bits per heavy atom. The molecule has 0 unspecified atom stereocenters. The number of amides is 1. The Morgan fingerprint density at radius 3 is 2.81 bits per heavy atom. The number of fused-ring (bicyclic) bond motifs is 1. The Bertz CT molecular complexity index is 578. The lowest BCUT2D eigenvalue weighted by Gasteiger charge is -2.41. The van der Waals surface area contributed by atoms with Gasteiger partial charge in [-0.25, -0.2) is 0 Å². The molecule has 0 saturated heterocycles. The van der Waals surface area contributed by atoms with Crippen LogP contribution in [0.3, 0.4) is 0 Å². The number of rotatable bonds is 4. The number of nitrogens with one attached hydrogen (secondary N) is 1. The van der Waals surface area contributed by atoms with E-state index in [2.05, 4.69) is 5.32 Å². The monoisotopic (exact) mass is 289 g/mol. The third-order valence-corrected chi connectivity index (χ3v) is 4.27. The fraction of sp³-hybridized carbons (Fsp3) is 0.500. The van der Waals surface area contributed by atoms with E-state index in [0.717, 1.165) is 36.9 Å². The lowest BCUT2D eigenvalue weighted by Crippen LogP contribution is -2.45. The molecule has 0 radical (unpaired) electrons. The maximum absolute atomic E-state index is 11.5. The molecule has 112 valence electrons. The molecule has 1 aliphatic heterocycles. The van der Waals surface area contributed by atoms with Crippen LogP contribution in [0.25, 0.3) is 0 Å². The summed E-state index contributed by atoms with van der Waals surface area (Å²) in [6.07, 6.45) is 4.32. The number of esters is 1. The van der Waals surface area contributed by atoms with Crippen molar-refractivity contribution >= 4 is 17.6 Å². The van der Waals surface area contributed by atoms with Crippen LogP contribution in [0.2, 0.25) is 0 Å². The number of methoxy groups -OCH3 is 1. The molecule has 1 aliphatic carbocycles. The molecule has 2 aliphatic rings. The standard InChI is InChI=1S/C16H19NO4/c1-20-15(19)10-16(7-2-8-16)21-12-5-3-11-4-6-14(18)17-13(11)9-12/h3,5,9H,2,4,6-8,10H2,1H3,(H,17,18). The van der Waals surface area contributed by atoms with Crippen molar-refractivity contribution in [2.24, 2.45) is 0 Å². The zero-order chi connectivity index (χ0) is 14.9. The van der Waals surface area contributed by atoms with Crippen LogP contribution in [0.5, 0.6) is 5.75 Å². The Labute approximate surface area is 123 Å². The van der Waals surface area contributed by atoms with Crippen molar-refractivity contribution in [1.29, 1.82) is 0 Å². The molecule has 1 aromatic carbocycles. The van der Waals surface area contributed by atoms with Gasteiger partial charge in [-0.1, -0.05) is 6.07 Å². The number of ether oxygens (including phenoxy) is 2. The second-order valence-electron chi connectivity index (χ2n) is 5.76. The van der Waals surface area contributed by atoms with Gasteiger partial charge in [0.25, 0.3) is 0 Å². The van der Waals surface area contributed by atoms with Crippen molar-refractivity contribution < 1.29 is 19.1 Å². The van der Waals surface area contributed by atoms with Crippen LogP contribution in [-0.2, 0) is 20.7 Å². The van der Waals surface area contributed by atoms with Gasteiger partial charge in [-0.05, 0) is 37.3 Å². The number of hydrogen-bond acceptors (Lipinski definition) is 4. The molecule has 1 saturated carbocycles. The summed E-state index contributed by atoms with van der Waals surface area (Å²) in [6.45, 7) is 0. The van der Waals surface area contributed by atoms with Crippen LogP contribution in [0.15, 0.2) is 18.2 Å². The van der Waals surface area contributed by atoms with Gasteiger partial charge in [0.1, 0.15) is 11.4 Å². The molecule has 1 aromatic rings. The summed E-state index contributed by atoms with van der Waals surface area (Å²) in [4.78, 5) is 23.0. The summed E-state index contributed by atoms with van der Waals surface area (Å²) in [5.74, 6) is 0.480. The molecule has 0 spiro atoms. The van der Waals surface area contributed by atoms with E-state index in [1.165, 1.54) is 7.11 Å². The Balaban J connectivity index is 1.76. The van der Waals surface area contributed by atoms with Gasteiger partial charge in [0.05, 0.1) is 13.5 Å². The van der Waals surface area contributed by atoms with Gasteiger partial charge >= 0.3 is 5.97 Å². The molecule has 0 bridgehead atoms. The summed E-state index contributed by atoms with van der Waals surface area (Å²) in [5.41, 5.74) is 1.49. The first-order valence-corrected chi connectivity index (χ1v) is 7.29. The molecular weight excluding hydrogens is 270 g/mol. The van der Waals surface area contributed by atoms with E-state index in [-0.39, 0.29) is 18.3 Å². The maximum Gasteiger partial charge on any atom is 0.309 e. The number of benzene rings is 1. The van der Waals surface area contributed by atoms with Crippen LogP contribution < -0.4 is 10.1 Å². The molecule has 3 rings (SSSR count). The third-order valence-electron chi connectivity index (χ3n) is 4.27. The highest BCUT2D eigenvalue weighted by Crippen LogP contribution is 2.40. The van der Waals surface area contributed by atoms with Gasteiger partial charge in [-0.15, -0.1) is 0 Å². The summed E-state index contributed by atoms with van der Waals surface area (Å²) >= 11 is 0. The number of anilines is 1. The van der Waals surface area contributed by atoms with E-state index in [9.17, 15) is 9.59 Å². The van der Waals surface area contributed by atoms with Crippen molar-refractivity contribution in [1.82, 2.24) is 0 Å². The number of hydrogen-bond donors (Lipinski definition) is 1. The van der Waals surface area contributed by atoms with E-state index in [0.29, 0.717) is 12.2 Å². The van der Waals surface area contributed by atoms with Gasteiger partial charge in [0.2, 0.25) is 5.91 Å². The topological polar surface area (TPSA) is 64.6 Å². The Morgan fingerprint density at radius 1 is 1.33 bits per heavy atom. The van der Waals surface area contributed by atoms with Crippen LogP contribution in [0, 0.1) is 0 Å². The SMILES string of the molecule is COC(=O)CC1(Oc2ccc3c(c2)NC(=O)CC3)CCC1. The van der Waals surface area contributed by atoms with E-state index in [1.807, 2.05) is 18.2 Å². The number of aryl methyl sites for hydroxylation is 1. The lowest BCUT2D eigenvalue weighted by atomic mass is 9.77. The Kier molecular flexibility index (Phi) is 3.57. The minimum absolute atomic E-state index is 0.0348. The Hall–Kier alpha value is -2.04. The fourth-order valence-electron chi connectivity index (χ4n) is 2.89. The van der Waals surface area contributed by atoms with Crippen LogP contribution >= 0.6 is 0 Å². The first-order valence-electron chi connectivity index (χ1n) is 7.29. The predicted octanol–water partition coefficient (Wildman–Crippen LogP) is 2.44. The van der Waals surface area contributed by atoms with Gasteiger partial charge in [-0.2, -0.15) is 0 Å². The third kappa shape index (κ3) is 2.86. The molecular formula is C16H19NO4. The van der Waals surface area contributed by atoms with Gasteiger partial charge in [0, 0.05) is 18.2 Å². The number of carbonyl (C=O) groups excluding carboxylic acids is 2. The van der Waals surface area contributed by atoms with Crippen molar-refractivity contribution in [3.8, 4) is 5.75 Å². The van der Waals surface area contributed by atoms with Crippen molar-refractivity contribution in [2.45, 2.75) is 44.1 Å². The fourth-order valence-corrected chi connectivity index (χ4v) is 2.89. The molecule has 1 amide bonds. The van der Waals surface area contributed by atoms with Crippen LogP contribution in [0.4, 0.5) is 5.69 Å². The highest BCUT2D eigenvalue weighted by molar-refractivity contribution is 5.94. The molecule has 1 heterocycles. The highest BCUT2D eigenvalue weighted by atomic mass is 16.5. The quantitative estimate of drug-likeness (QED) is 0.865. The molecule has 1 N–H and O–H groups in total. The first-order chi connectivity index (χ1) is 10.1. The normalized spacial score (nSPS) is 19.0. The molecule has 0 aromatic heterocycles. The summed E-state index contributed by atoms with van der Waals surface area (Å²) in [5, 5.41) is 2.86. The van der Waals surface area contributed by atoms with Crippen molar-refractivity contribution in [3.05, 3.63) is 23.8 Å². The van der Waals surface area contributed by atoms with E-state index >= 15 is 0 Å². The average molecular weight is 289 g/mol. The highest BCUT2D eigenvalue weighted by Gasteiger charge is 2.42. The minimum atomic E-state index is -0.444. The zero-order valence-corrected chi connectivity index (χ0v) is 12.1. The molecule has 1 fully saturated rings. The van der Waals surface area contributed by atoms with E-state index in [1.54, 1.807) is 0 Å². The summed E-state index contributed by atoms with van der Waals surface area (Å²) in [6, 6.07) is 5.74. The number of carbonyl (C=O) groups is 2. The van der Waals surface area contributed by atoms with Crippen LogP contribution in [-0.4, -0.2) is 24.6 Å². The summed E-state index contributed by atoms with van der Waals surface area (Å²) in [7, 11) is 1.39. The van der Waals surface area contributed by atoms with Gasteiger partial charge < -0.3 is 14.8 Å². The second kappa shape index (κ2) is 5.39. The molecule has 5 heteroatoms. The zero-order valence-electron chi connectivity index (χ0n) is 12.1. The largest absolute Gasteiger partial charge is 0.487 e. The smallest absolute Gasteiger partial charge is 0.309 e. The van der Waals surface area contributed by atoms with Gasteiger partial charge in [-0.3, -0.25) is 9.59 Å². The summed E-state index contributed by atoms with van der Waals surface area (Å²) < 4.78 is 10.8. The van der Waals surface area contributed by atoms with E-state index in [4.69, 9.17) is 9.47 Å². The van der Waals surface area contributed by atoms with Gasteiger partial charge in [0.15, 0.2) is 0 Å². The average Bonchev–Trinajstić information content (AvgIpc) is 2.44. The second-order valence-corrected chi connectivity index (χ2v) is 5.76. The molecule has 0 atom stereocenters. The minimum Gasteiger partial charge on any atom is -0.487 e. The molecule has 5 nitrogen and oxygen atoms in total. The molecule has 21 heavy (non-hydrogen) atoms. The lowest BCUT2D eigenvalue weighted by molar-refractivity contribution is -0.148. The maximum atomic E-state index is 11.5. The van der Waals surface area contributed by atoms with Crippen LogP contribution in [0.1, 0.15) is 37.7 Å². The first kappa shape index (κ1) is 13.9. The predicted molar refractivity (Wildman–Crippen MR) is 77.2 cm³/mol. The van der Waals surface area contributed by atoms with Crippen molar-refractivity contribution in [3.63, 3.8) is 0 Å². The van der Waals surface area contributed by atoms with E-state index < -0.39 is 5.60 Å².